The Hall–Kier alpha value is -2.99. The summed E-state index contributed by atoms with van der Waals surface area (Å²) in [5.41, 5.74) is 5.03. The van der Waals surface area contributed by atoms with E-state index in [0.29, 0.717) is 30.6 Å². The summed E-state index contributed by atoms with van der Waals surface area (Å²) >= 11 is 1.47. The normalized spacial score (nSPS) is 15.7. The molecule has 1 aliphatic carbocycles. The van der Waals surface area contributed by atoms with Crippen LogP contribution in [0.3, 0.4) is 0 Å². The number of ketones is 1. The molecule has 0 fully saturated rings. The number of allylic oxidation sites excluding steroid dienone is 2. The van der Waals surface area contributed by atoms with Crippen molar-refractivity contribution in [2.75, 3.05) is 5.75 Å². The Morgan fingerprint density at radius 3 is 1.97 bits per heavy atom. The summed E-state index contributed by atoms with van der Waals surface area (Å²) in [7, 11) is 0. The first-order chi connectivity index (χ1) is 18.7. The second kappa shape index (κ2) is 13.9. The zero-order chi connectivity index (χ0) is 28.6. The minimum Gasteiger partial charge on any atom is -0.512 e. The lowest BCUT2D eigenvalue weighted by atomic mass is 9.79. The SMILES string of the molecule is CC.CCc1cc(-c2ccccc2)cc(CC)c1C1=C(O)CC(CCSc2ccc(C(F)(F)F)cc2)CC1=O. The number of hydrogen-bond acceptors (Lipinski definition) is 3. The van der Waals surface area contributed by atoms with Crippen molar-refractivity contribution < 1.29 is 23.1 Å². The average molecular weight is 555 g/mol. The topological polar surface area (TPSA) is 37.3 Å². The summed E-state index contributed by atoms with van der Waals surface area (Å²) in [6.07, 6.45) is -1.35. The Morgan fingerprint density at radius 2 is 1.46 bits per heavy atom. The Labute approximate surface area is 234 Å². The van der Waals surface area contributed by atoms with Crippen LogP contribution in [0.25, 0.3) is 16.7 Å². The molecule has 3 aromatic carbocycles. The zero-order valence-corrected chi connectivity index (χ0v) is 23.9. The van der Waals surface area contributed by atoms with Gasteiger partial charge in [0.05, 0.1) is 11.1 Å². The number of aryl methyl sites for hydroxylation is 2. The summed E-state index contributed by atoms with van der Waals surface area (Å²) in [6, 6.07) is 19.5. The Morgan fingerprint density at radius 1 is 0.872 bits per heavy atom. The van der Waals surface area contributed by atoms with E-state index in [0.717, 1.165) is 57.7 Å². The van der Waals surface area contributed by atoms with Gasteiger partial charge in [0.25, 0.3) is 0 Å². The van der Waals surface area contributed by atoms with Gasteiger partial charge in [-0.2, -0.15) is 13.2 Å². The maximum atomic E-state index is 13.3. The predicted molar refractivity (Wildman–Crippen MR) is 156 cm³/mol. The van der Waals surface area contributed by atoms with E-state index in [4.69, 9.17) is 0 Å². The first-order valence-electron chi connectivity index (χ1n) is 13.7. The molecule has 0 saturated heterocycles. The zero-order valence-electron chi connectivity index (χ0n) is 23.1. The van der Waals surface area contributed by atoms with Crippen LogP contribution >= 0.6 is 11.8 Å². The molecule has 0 bridgehead atoms. The average Bonchev–Trinajstić information content (AvgIpc) is 2.94. The summed E-state index contributed by atoms with van der Waals surface area (Å²) in [5.74, 6) is 0.790. The first kappa shape index (κ1) is 30.6. The van der Waals surface area contributed by atoms with Crippen LogP contribution in [0.2, 0.25) is 0 Å². The molecule has 0 saturated carbocycles. The summed E-state index contributed by atoms with van der Waals surface area (Å²) in [4.78, 5) is 14.1. The van der Waals surface area contributed by atoms with Crippen LogP contribution in [-0.2, 0) is 23.8 Å². The quantitative estimate of drug-likeness (QED) is 0.282. The van der Waals surface area contributed by atoms with Gasteiger partial charge < -0.3 is 5.11 Å². The van der Waals surface area contributed by atoms with Gasteiger partial charge in [-0.1, -0.05) is 70.2 Å². The predicted octanol–water partition coefficient (Wildman–Crippen LogP) is 9.95. The molecule has 0 amide bonds. The second-order valence-corrected chi connectivity index (χ2v) is 10.6. The van der Waals surface area contributed by atoms with Crippen molar-refractivity contribution in [2.45, 2.75) is 70.9 Å². The lowest BCUT2D eigenvalue weighted by Gasteiger charge is -2.26. The van der Waals surface area contributed by atoms with Gasteiger partial charge in [-0.3, -0.25) is 4.79 Å². The fraction of sp³-hybridized carbons (Fsp3) is 0.364. The monoisotopic (exact) mass is 554 g/mol. The van der Waals surface area contributed by atoms with Crippen LogP contribution in [0, 0.1) is 5.92 Å². The highest BCUT2D eigenvalue weighted by Crippen LogP contribution is 2.39. The molecule has 0 aliphatic heterocycles. The molecular weight excluding hydrogens is 517 g/mol. The van der Waals surface area contributed by atoms with Crippen molar-refractivity contribution in [1.29, 1.82) is 0 Å². The van der Waals surface area contributed by atoms with Gasteiger partial charge in [0.2, 0.25) is 0 Å². The molecule has 0 aromatic heterocycles. The number of rotatable bonds is 8. The molecule has 2 nitrogen and oxygen atoms in total. The molecule has 208 valence electrons. The van der Waals surface area contributed by atoms with Crippen LogP contribution < -0.4 is 0 Å². The van der Waals surface area contributed by atoms with Crippen molar-refractivity contribution in [1.82, 2.24) is 0 Å². The second-order valence-electron chi connectivity index (χ2n) is 9.42. The molecule has 1 unspecified atom stereocenters. The smallest absolute Gasteiger partial charge is 0.416 e. The van der Waals surface area contributed by atoms with Crippen LogP contribution in [-0.4, -0.2) is 16.6 Å². The summed E-state index contributed by atoms with van der Waals surface area (Å²) in [6.45, 7) is 8.14. The maximum absolute atomic E-state index is 13.3. The minimum atomic E-state index is -4.34. The van der Waals surface area contributed by atoms with E-state index in [9.17, 15) is 23.1 Å². The van der Waals surface area contributed by atoms with E-state index in [2.05, 4.69) is 38.1 Å². The van der Waals surface area contributed by atoms with Gasteiger partial charge in [0.15, 0.2) is 5.78 Å². The van der Waals surface area contributed by atoms with E-state index in [1.54, 1.807) is 0 Å². The van der Waals surface area contributed by atoms with Crippen molar-refractivity contribution >= 4 is 23.1 Å². The molecule has 3 aromatic rings. The van der Waals surface area contributed by atoms with Crippen molar-refractivity contribution in [3.63, 3.8) is 0 Å². The molecule has 1 N–H and O–H groups in total. The molecule has 39 heavy (non-hydrogen) atoms. The van der Waals surface area contributed by atoms with Gasteiger partial charge in [-0.25, -0.2) is 0 Å². The van der Waals surface area contributed by atoms with E-state index < -0.39 is 11.7 Å². The lowest BCUT2D eigenvalue weighted by Crippen LogP contribution is -2.21. The minimum absolute atomic E-state index is 0.0111. The number of carbonyl (C=O) groups excluding carboxylic acids is 1. The fourth-order valence-corrected chi connectivity index (χ4v) is 6.00. The Bertz CT molecular complexity index is 1250. The summed E-state index contributed by atoms with van der Waals surface area (Å²) < 4.78 is 38.3. The molecule has 0 spiro atoms. The number of Topliss-reactive ketones (excluding diaryl/α,β-unsaturated/α-hetero) is 1. The number of aliphatic hydroxyl groups is 1. The molecule has 6 heteroatoms. The molecule has 0 heterocycles. The first-order valence-corrected chi connectivity index (χ1v) is 14.7. The van der Waals surface area contributed by atoms with Gasteiger partial charge in [-0.15, -0.1) is 11.8 Å². The fourth-order valence-electron chi connectivity index (χ4n) is 4.99. The highest BCUT2D eigenvalue weighted by molar-refractivity contribution is 7.99. The summed E-state index contributed by atoms with van der Waals surface area (Å²) in [5, 5.41) is 11.1. The van der Waals surface area contributed by atoms with E-state index >= 15 is 0 Å². The lowest BCUT2D eigenvalue weighted by molar-refractivity contribution is -0.137. The molecule has 1 atom stereocenters. The van der Waals surface area contributed by atoms with Crippen LogP contribution in [0.1, 0.15) is 69.2 Å². The van der Waals surface area contributed by atoms with E-state index in [1.807, 2.05) is 32.0 Å². The van der Waals surface area contributed by atoms with Crippen molar-refractivity contribution in [2.24, 2.45) is 5.92 Å². The third kappa shape index (κ3) is 7.57. The Kier molecular flexibility index (Phi) is 10.9. The molecule has 4 rings (SSSR count). The maximum Gasteiger partial charge on any atom is 0.416 e. The van der Waals surface area contributed by atoms with Crippen LogP contribution in [0.5, 0.6) is 0 Å². The number of alkyl halides is 3. The van der Waals surface area contributed by atoms with Gasteiger partial charge in [-0.05, 0) is 83.0 Å². The highest BCUT2D eigenvalue weighted by atomic mass is 32.2. The molecule has 1 aliphatic rings. The molecular formula is C33H37F3O2S. The number of carbonyl (C=O) groups is 1. The number of aliphatic hydroxyl groups excluding tert-OH is 1. The van der Waals surface area contributed by atoms with E-state index in [-0.39, 0.29) is 17.5 Å². The van der Waals surface area contributed by atoms with E-state index in [1.165, 1.54) is 23.9 Å². The standard InChI is InChI=1S/C31H31F3O2S.C2H6/c1-3-21-18-24(23-8-6-5-7-9-23)19-22(4-2)29(21)30-27(35)16-20(17-28(30)36)14-15-37-26-12-10-25(11-13-26)31(32,33)34;1-2/h5-13,18-20,35H,3-4,14-17H2,1-2H3;1-2H3. The van der Waals surface area contributed by atoms with Crippen LogP contribution in [0.4, 0.5) is 13.2 Å². The van der Waals surface area contributed by atoms with Crippen LogP contribution in [0.15, 0.2) is 77.4 Å². The van der Waals surface area contributed by atoms with Crippen molar-refractivity contribution in [3.05, 3.63) is 94.7 Å². The number of thioether (sulfide) groups is 1. The number of halogens is 3. The van der Waals surface area contributed by atoms with Gasteiger partial charge >= 0.3 is 6.18 Å². The third-order valence-corrected chi connectivity index (χ3v) is 7.97. The largest absolute Gasteiger partial charge is 0.512 e. The van der Waals surface area contributed by atoms with Gasteiger partial charge in [0.1, 0.15) is 5.76 Å². The van der Waals surface area contributed by atoms with Crippen molar-refractivity contribution in [3.8, 4) is 11.1 Å². The Balaban J connectivity index is 0.00000205. The number of hydrogen-bond donors (Lipinski definition) is 1. The molecule has 0 radical (unpaired) electrons. The van der Waals surface area contributed by atoms with Gasteiger partial charge in [0, 0.05) is 17.7 Å². The third-order valence-electron chi connectivity index (χ3n) is 6.92. The number of benzene rings is 3. The highest BCUT2D eigenvalue weighted by Gasteiger charge is 2.31.